The highest BCUT2D eigenvalue weighted by atomic mass is 79.9. The maximum Gasteiger partial charge on any atom is 0.496 e. The summed E-state index contributed by atoms with van der Waals surface area (Å²) in [5, 5.41) is 3.38. The van der Waals surface area contributed by atoms with Crippen LogP contribution in [0.1, 0.15) is 39.0 Å². The molecule has 2 aromatic rings. The summed E-state index contributed by atoms with van der Waals surface area (Å²) in [6.07, 6.45) is 0. The van der Waals surface area contributed by atoms with Crippen LogP contribution in [-0.4, -0.2) is 23.3 Å². The van der Waals surface area contributed by atoms with E-state index in [1.54, 1.807) is 0 Å². The molecule has 0 bridgehead atoms. The third-order valence-electron chi connectivity index (χ3n) is 5.02. The summed E-state index contributed by atoms with van der Waals surface area (Å²) in [6.45, 7) is 10.9. The van der Waals surface area contributed by atoms with Gasteiger partial charge in [0.2, 0.25) is 0 Å². The van der Waals surface area contributed by atoms with Gasteiger partial charge in [-0.25, -0.2) is 4.98 Å². The van der Waals surface area contributed by atoms with Gasteiger partial charge in [-0.2, -0.15) is 0 Å². The summed E-state index contributed by atoms with van der Waals surface area (Å²) >= 11 is 3.62. The molecule has 2 heterocycles. The lowest BCUT2D eigenvalue weighted by Crippen LogP contribution is -2.41. The highest BCUT2D eigenvalue weighted by Crippen LogP contribution is 2.37. The van der Waals surface area contributed by atoms with E-state index in [2.05, 4.69) is 61.1 Å². The fourth-order valence-electron chi connectivity index (χ4n) is 2.71. The number of anilines is 1. The molecular weight excluding hydrogens is 379 g/mol. The highest BCUT2D eigenvalue weighted by molar-refractivity contribution is 9.10. The number of nitrogens with zero attached hydrogens (tertiary/aromatic N) is 1. The molecule has 1 saturated heterocycles. The predicted octanol–water partition coefficient (Wildman–Crippen LogP) is 4.06. The van der Waals surface area contributed by atoms with Crippen LogP contribution in [0, 0.1) is 6.92 Å². The Kier molecular flexibility index (Phi) is 4.97. The third kappa shape index (κ3) is 3.76. The molecule has 0 atom stereocenters. The van der Waals surface area contributed by atoms with Gasteiger partial charge in [-0.15, -0.1) is 0 Å². The van der Waals surface area contributed by atoms with E-state index < -0.39 is 7.12 Å². The van der Waals surface area contributed by atoms with Crippen molar-refractivity contribution in [2.75, 3.05) is 5.32 Å². The molecule has 3 rings (SSSR count). The number of halogens is 1. The molecule has 6 heteroatoms. The van der Waals surface area contributed by atoms with Crippen LogP contribution in [0.5, 0.6) is 0 Å². The van der Waals surface area contributed by atoms with Crippen LogP contribution in [0.25, 0.3) is 0 Å². The van der Waals surface area contributed by atoms with E-state index in [0.29, 0.717) is 0 Å². The lowest BCUT2D eigenvalue weighted by molar-refractivity contribution is 0.00578. The molecule has 0 amide bonds. The van der Waals surface area contributed by atoms with Gasteiger partial charge in [-0.1, -0.05) is 30.3 Å². The number of rotatable bonds is 4. The quantitative estimate of drug-likeness (QED) is 0.783. The lowest BCUT2D eigenvalue weighted by atomic mass is 9.78. The second kappa shape index (κ2) is 6.74. The molecule has 1 fully saturated rings. The molecular formula is C19H24BBrN2O2. The van der Waals surface area contributed by atoms with Gasteiger partial charge in [0.15, 0.2) is 0 Å². The lowest BCUT2D eigenvalue weighted by Gasteiger charge is -2.32. The maximum atomic E-state index is 6.15. The molecule has 1 aliphatic heterocycles. The topological polar surface area (TPSA) is 43.4 Å². The molecule has 0 saturated carbocycles. The van der Waals surface area contributed by atoms with Crippen LogP contribution in [-0.2, 0) is 15.9 Å². The summed E-state index contributed by atoms with van der Waals surface area (Å²) in [5.41, 5.74) is 2.35. The smallest absolute Gasteiger partial charge is 0.399 e. The number of hydrogen-bond acceptors (Lipinski definition) is 4. The molecule has 1 N–H and O–H groups in total. The van der Waals surface area contributed by atoms with Gasteiger partial charge in [-0.3, -0.25) is 0 Å². The van der Waals surface area contributed by atoms with Crippen molar-refractivity contribution >= 4 is 34.3 Å². The molecule has 1 aromatic heterocycles. The van der Waals surface area contributed by atoms with Crippen molar-refractivity contribution < 1.29 is 9.31 Å². The SMILES string of the molecule is Cc1nc(NCc2ccccc2)c(Br)cc1B1OC(C)(C)C(C)(C)O1. The van der Waals surface area contributed by atoms with Crippen LogP contribution < -0.4 is 10.8 Å². The number of pyridine rings is 1. The van der Waals surface area contributed by atoms with Gasteiger partial charge < -0.3 is 14.6 Å². The summed E-state index contributed by atoms with van der Waals surface area (Å²) in [4.78, 5) is 4.71. The zero-order valence-corrected chi connectivity index (χ0v) is 17.0. The minimum atomic E-state index is -0.406. The average Bonchev–Trinajstić information content (AvgIpc) is 2.76. The fraction of sp³-hybridized carbons (Fsp3) is 0.421. The number of aryl methyl sites for hydroxylation is 1. The average molecular weight is 403 g/mol. The number of nitrogens with one attached hydrogen (secondary N) is 1. The van der Waals surface area contributed by atoms with Gasteiger partial charge in [-0.05, 0) is 62.2 Å². The standard InChI is InChI=1S/C19H24BBrN2O2/c1-13-15(20-24-18(2,3)19(4,5)25-20)11-16(21)17(23-13)22-12-14-9-7-6-8-10-14/h6-11H,12H2,1-5H3,(H,22,23). The van der Waals surface area contributed by atoms with Gasteiger partial charge in [0.25, 0.3) is 0 Å². The maximum absolute atomic E-state index is 6.15. The van der Waals surface area contributed by atoms with Gasteiger partial charge in [0, 0.05) is 17.7 Å². The summed E-state index contributed by atoms with van der Waals surface area (Å²) in [5.74, 6) is 0.821. The molecule has 0 aliphatic carbocycles. The molecule has 132 valence electrons. The van der Waals surface area contributed by atoms with Gasteiger partial charge in [0.05, 0.1) is 15.7 Å². The summed E-state index contributed by atoms with van der Waals surface area (Å²) in [7, 11) is -0.406. The number of hydrogen-bond donors (Lipinski definition) is 1. The Morgan fingerprint density at radius 1 is 1.08 bits per heavy atom. The van der Waals surface area contributed by atoms with E-state index >= 15 is 0 Å². The Morgan fingerprint density at radius 2 is 1.68 bits per heavy atom. The van der Waals surface area contributed by atoms with E-state index in [-0.39, 0.29) is 11.2 Å². The van der Waals surface area contributed by atoms with Crippen LogP contribution in [0.15, 0.2) is 40.9 Å². The van der Waals surface area contributed by atoms with Crippen LogP contribution in [0.4, 0.5) is 5.82 Å². The molecule has 0 unspecified atom stereocenters. The molecule has 4 nitrogen and oxygen atoms in total. The molecule has 1 aliphatic rings. The molecule has 1 aromatic carbocycles. The van der Waals surface area contributed by atoms with Gasteiger partial charge in [0.1, 0.15) is 5.82 Å². The number of aromatic nitrogens is 1. The van der Waals surface area contributed by atoms with Gasteiger partial charge >= 0.3 is 7.12 Å². The Bertz CT molecular complexity index is 750. The minimum absolute atomic E-state index is 0.360. The first-order valence-electron chi connectivity index (χ1n) is 8.50. The van der Waals surface area contributed by atoms with Crippen molar-refractivity contribution in [2.45, 2.75) is 52.4 Å². The van der Waals surface area contributed by atoms with Crippen molar-refractivity contribution in [2.24, 2.45) is 0 Å². The summed E-state index contributed by atoms with van der Waals surface area (Å²) in [6, 6.07) is 12.3. The first-order chi connectivity index (χ1) is 11.7. The number of benzene rings is 1. The fourth-order valence-corrected chi connectivity index (χ4v) is 3.18. The third-order valence-corrected chi connectivity index (χ3v) is 5.62. The molecule has 25 heavy (non-hydrogen) atoms. The zero-order chi connectivity index (χ0) is 18.2. The Labute approximate surface area is 158 Å². The van der Waals surface area contributed by atoms with Crippen molar-refractivity contribution in [1.29, 1.82) is 0 Å². The Hall–Kier alpha value is -1.37. The van der Waals surface area contributed by atoms with E-state index in [1.165, 1.54) is 5.56 Å². The zero-order valence-electron chi connectivity index (χ0n) is 15.4. The van der Waals surface area contributed by atoms with Crippen LogP contribution in [0.2, 0.25) is 0 Å². The van der Waals surface area contributed by atoms with E-state index in [0.717, 1.165) is 28.0 Å². The van der Waals surface area contributed by atoms with Crippen LogP contribution >= 0.6 is 15.9 Å². The highest BCUT2D eigenvalue weighted by Gasteiger charge is 2.52. The van der Waals surface area contributed by atoms with E-state index in [4.69, 9.17) is 14.3 Å². The molecule has 0 radical (unpaired) electrons. The minimum Gasteiger partial charge on any atom is -0.399 e. The second-order valence-electron chi connectivity index (χ2n) is 7.42. The van der Waals surface area contributed by atoms with Crippen molar-refractivity contribution in [1.82, 2.24) is 4.98 Å². The summed E-state index contributed by atoms with van der Waals surface area (Å²) < 4.78 is 13.2. The predicted molar refractivity (Wildman–Crippen MR) is 106 cm³/mol. The van der Waals surface area contributed by atoms with Crippen molar-refractivity contribution in [3.05, 3.63) is 52.1 Å². The Balaban J connectivity index is 1.79. The van der Waals surface area contributed by atoms with Crippen LogP contribution in [0.3, 0.4) is 0 Å². The second-order valence-corrected chi connectivity index (χ2v) is 8.28. The largest absolute Gasteiger partial charge is 0.496 e. The first kappa shape index (κ1) is 18.4. The van der Waals surface area contributed by atoms with Crippen molar-refractivity contribution in [3.8, 4) is 0 Å². The van der Waals surface area contributed by atoms with E-state index in [9.17, 15) is 0 Å². The molecule has 0 spiro atoms. The van der Waals surface area contributed by atoms with E-state index in [1.807, 2.05) is 31.2 Å². The Morgan fingerprint density at radius 3 is 2.28 bits per heavy atom. The normalized spacial score (nSPS) is 18.4. The first-order valence-corrected chi connectivity index (χ1v) is 9.29. The monoisotopic (exact) mass is 402 g/mol. The van der Waals surface area contributed by atoms with Crippen molar-refractivity contribution in [3.63, 3.8) is 0 Å².